The van der Waals surface area contributed by atoms with Crippen molar-refractivity contribution in [1.29, 1.82) is 0 Å². The fourth-order valence-corrected chi connectivity index (χ4v) is 5.48. The maximum Gasteiger partial charge on any atom is 0.255 e. The van der Waals surface area contributed by atoms with E-state index in [9.17, 15) is 39.6 Å². The average Bonchev–Trinajstić information content (AvgIpc) is 2.75. The van der Waals surface area contributed by atoms with Crippen LogP contribution in [0.4, 0.5) is 5.69 Å². The zero-order valence-electron chi connectivity index (χ0n) is 19.5. The van der Waals surface area contributed by atoms with Gasteiger partial charge in [0.2, 0.25) is 11.7 Å². The lowest BCUT2D eigenvalue weighted by molar-refractivity contribution is -0.147. The first kappa shape index (κ1) is 24.3. The molecule has 0 unspecified atom stereocenters. The molecule has 7 N–H and O–H groups in total. The van der Waals surface area contributed by atoms with Gasteiger partial charge in [-0.3, -0.25) is 19.2 Å². The third-order valence-corrected chi connectivity index (χ3v) is 7.13. The molecule has 0 radical (unpaired) electrons. The number of nitrogens with two attached hydrogens (primary N) is 1. The van der Waals surface area contributed by atoms with Gasteiger partial charge in [0.15, 0.2) is 11.4 Å². The van der Waals surface area contributed by atoms with Crippen LogP contribution in [0.2, 0.25) is 0 Å². The van der Waals surface area contributed by atoms with Crippen LogP contribution in [0.25, 0.3) is 5.76 Å². The predicted octanol–water partition coefficient (Wildman–Crippen LogP) is 0.126. The summed E-state index contributed by atoms with van der Waals surface area (Å²) in [6.07, 6.45) is -0.108. The lowest BCUT2D eigenvalue weighted by Crippen LogP contribution is -2.58. The Morgan fingerprint density at radius 3 is 2.43 bits per heavy atom. The van der Waals surface area contributed by atoms with E-state index in [1.54, 1.807) is 25.1 Å². The number of phenolic OH excluding ortho intramolecular Hbond substituents is 1. The second-order valence-electron chi connectivity index (χ2n) is 9.47. The monoisotopic (exact) mass is 485 g/mol. The van der Waals surface area contributed by atoms with Crippen molar-refractivity contribution < 1.29 is 39.6 Å². The van der Waals surface area contributed by atoms with Crippen LogP contribution in [0.3, 0.4) is 0 Å². The Bertz CT molecular complexity index is 1260. The smallest absolute Gasteiger partial charge is 0.255 e. The number of Topliss-reactive ketones (excluding diaryl/α,β-unsaturated/α-hetero) is 2. The molecular weight excluding hydrogens is 458 g/mol. The number of primary amides is 1. The number of fused-ring (bicyclic) bond motifs is 3. The first-order valence-electron chi connectivity index (χ1n) is 11.1. The van der Waals surface area contributed by atoms with Gasteiger partial charge in [-0.1, -0.05) is 0 Å². The van der Waals surface area contributed by atoms with Crippen molar-refractivity contribution in [2.45, 2.75) is 38.3 Å². The number of ketones is 2. The minimum atomic E-state index is -2.61. The second kappa shape index (κ2) is 8.12. The number of hydrogen-bond donors (Lipinski definition) is 6. The van der Waals surface area contributed by atoms with Crippen molar-refractivity contribution in [3.63, 3.8) is 0 Å². The number of phenols is 1. The zero-order chi connectivity index (χ0) is 26.0. The van der Waals surface area contributed by atoms with Crippen LogP contribution in [0.1, 0.15) is 36.5 Å². The number of rotatable bonds is 4. The van der Waals surface area contributed by atoms with E-state index in [-0.39, 0.29) is 48.6 Å². The second-order valence-corrected chi connectivity index (χ2v) is 9.47. The molecule has 0 aliphatic heterocycles. The van der Waals surface area contributed by atoms with Gasteiger partial charge < -0.3 is 36.4 Å². The normalized spacial score (nSPS) is 25.6. The number of hydrogen-bond acceptors (Lipinski definition) is 9. The Morgan fingerprint density at radius 2 is 1.86 bits per heavy atom. The molecule has 3 atom stereocenters. The molecule has 3 aliphatic carbocycles. The van der Waals surface area contributed by atoms with E-state index >= 15 is 0 Å². The van der Waals surface area contributed by atoms with E-state index in [0.29, 0.717) is 16.8 Å². The van der Waals surface area contributed by atoms with Crippen LogP contribution < -0.4 is 16.0 Å². The van der Waals surface area contributed by atoms with Gasteiger partial charge in [0.25, 0.3) is 5.91 Å². The maximum absolute atomic E-state index is 13.6. The minimum absolute atomic E-state index is 0.0105. The Kier molecular flexibility index (Phi) is 5.63. The summed E-state index contributed by atoms with van der Waals surface area (Å²) in [5.41, 5.74) is 3.05. The van der Waals surface area contributed by atoms with Gasteiger partial charge in [-0.15, -0.1) is 0 Å². The number of carbonyl (C=O) groups is 4. The summed E-state index contributed by atoms with van der Waals surface area (Å²) in [6, 6.07) is 1.68. The summed E-state index contributed by atoms with van der Waals surface area (Å²) in [4.78, 5) is 50.9. The van der Waals surface area contributed by atoms with Gasteiger partial charge in [0.05, 0.1) is 5.56 Å². The SMILES string of the molecule is CC(=O)NCc1cc(N(C)C)c2c(c1O)C(O)=C1C(=O)[C@]3(O)C(O)=C(C(N)=O)C(=O)C[C@@H]3C[C@@H]1C2. The number of benzene rings is 1. The van der Waals surface area contributed by atoms with E-state index in [4.69, 9.17) is 5.73 Å². The van der Waals surface area contributed by atoms with Gasteiger partial charge in [-0.05, 0) is 30.4 Å². The number of aliphatic hydroxyl groups excluding tert-OH is 2. The number of carbonyl (C=O) groups excluding carboxylic acids is 4. The molecule has 4 rings (SSSR count). The highest BCUT2D eigenvalue weighted by Gasteiger charge is 2.60. The molecule has 0 spiro atoms. The van der Waals surface area contributed by atoms with Gasteiger partial charge in [0.1, 0.15) is 22.8 Å². The molecule has 1 aromatic carbocycles. The Balaban J connectivity index is 1.93. The fraction of sp³-hybridized carbons (Fsp3) is 0.417. The van der Waals surface area contributed by atoms with Crippen molar-refractivity contribution in [2.24, 2.45) is 17.6 Å². The topological polar surface area (TPSA) is 190 Å². The first-order valence-corrected chi connectivity index (χ1v) is 11.1. The fourth-order valence-electron chi connectivity index (χ4n) is 5.48. The summed E-state index contributed by atoms with van der Waals surface area (Å²) >= 11 is 0. The standard InChI is InChI=1S/C24H27N3O8/c1-9(28)26-8-11-6-14(27(2)3)13-5-10-4-12-7-15(29)18(23(25)34)22(33)24(12,35)21(32)16(10)20(31)17(13)19(11)30/h6,10,12,30-31,33,35H,4-5,7-8H2,1-3H3,(H2,25,34)(H,26,28)/t10-,12+,24+/m1/s1. The molecule has 1 saturated carbocycles. The van der Waals surface area contributed by atoms with Crippen LogP contribution in [0.15, 0.2) is 23.0 Å². The average molecular weight is 485 g/mol. The third-order valence-electron chi connectivity index (χ3n) is 7.13. The largest absolute Gasteiger partial charge is 0.508 e. The molecule has 11 nitrogen and oxygen atoms in total. The van der Waals surface area contributed by atoms with E-state index in [2.05, 4.69) is 5.32 Å². The van der Waals surface area contributed by atoms with Gasteiger partial charge >= 0.3 is 0 Å². The molecule has 0 saturated heterocycles. The Hall–Kier alpha value is -3.86. The van der Waals surface area contributed by atoms with Crippen molar-refractivity contribution in [1.82, 2.24) is 5.32 Å². The maximum atomic E-state index is 13.6. The zero-order valence-corrected chi connectivity index (χ0v) is 19.5. The molecular formula is C24H27N3O8. The third kappa shape index (κ3) is 3.45. The number of nitrogens with one attached hydrogen (secondary N) is 1. The number of amides is 2. The highest BCUT2D eigenvalue weighted by atomic mass is 16.3. The first-order chi connectivity index (χ1) is 16.3. The lowest BCUT2D eigenvalue weighted by Gasteiger charge is -2.46. The summed E-state index contributed by atoms with van der Waals surface area (Å²) in [5.74, 6) is -7.06. The van der Waals surface area contributed by atoms with Crippen LogP contribution in [0, 0.1) is 11.8 Å². The summed E-state index contributed by atoms with van der Waals surface area (Å²) < 4.78 is 0. The van der Waals surface area contributed by atoms with Crippen molar-refractivity contribution >= 4 is 34.8 Å². The minimum Gasteiger partial charge on any atom is -0.508 e. The van der Waals surface area contributed by atoms with Crippen molar-refractivity contribution in [3.05, 3.63) is 39.7 Å². The van der Waals surface area contributed by atoms with Crippen LogP contribution in [-0.4, -0.2) is 63.5 Å². The van der Waals surface area contributed by atoms with Gasteiger partial charge in [-0.2, -0.15) is 0 Å². The molecule has 35 heavy (non-hydrogen) atoms. The highest BCUT2D eigenvalue weighted by molar-refractivity contribution is 6.22. The highest BCUT2D eigenvalue weighted by Crippen LogP contribution is 2.53. The Labute approximate surface area is 200 Å². The molecule has 0 aromatic heterocycles. The summed E-state index contributed by atoms with van der Waals surface area (Å²) in [5, 5.41) is 46.8. The van der Waals surface area contributed by atoms with Crippen molar-refractivity contribution in [2.75, 3.05) is 19.0 Å². The molecule has 1 fully saturated rings. The van der Waals surface area contributed by atoms with Gasteiger partial charge in [0, 0.05) is 56.7 Å². The molecule has 0 bridgehead atoms. The molecule has 186 valence electrons. The van der Waals surface area contributed by atoms with E-state index < -0.39 is 52.0 Å². The summed E-state index contributed by atoms with van der Waals surface area (Å²) in [7, 11) is 3.54. The predicted molar refractivity (Wildman–Crippen MR) is 123 cm³/mol. The number of anilines is 1. The van der Waals surface area contributed by atoms with Gasteiger partial charge in [-0.25, -0.2) is 0 Å². The molecule has 1 aromatic rings. The molecule has 3 aliphatic rings. The number of nitrogens with zero attached hydrogens (tertiary/aromatic N) is 1. The van der Waals surface area contributed by atoms with Crippen LogP contribution in [0.5, 0.6) is 5.75 Å². The number of aliphatic hydroxyl groups is 3. The quantitative estimate of drug-likeness (QED) is 0.322. The summed E-state index contributed by atoms with van der Waals surface area (Å²) in [6.45, 7) is 1.29. The molecule has 11 heteroatoms. The lowest BCUT2D eigenvalue weighted by atomic mass is 9.59. The van der Waals surface area contributed by atoms with E-state index in [1.165, 1.54) is 6.92 Å². The van der Waals surface area contributed by atoms with Crippen LogP contribution in [-0.2, 0) is 32.1 Å². The Morgan fingerprint density at radius 1 is 1.20 bits per heavy atom. The molecule has 2 amide bonds. The van der Waals surface area contributed by atoms with Crippen molar-refractivity contribution in [3.8, 4) is 5.75 Å². The number of aromatic hydroxyl groups is 1. The molecule has 0 heterocycles. The van der Waals surface area contributed by atoms with E-state index in [1.807, 2.05) is 0 Å². The van der Waals surface area contributed by atoms with Crippen LogP contribution >= 0.6 is 0 Å². The van der Waals surface area contributed by atoms with E-state index in [0.717, 1.165) is 0 Å².